The van der Waals surface area contributed by atoms with Crippen molar-refractivity contribution in [2.45, 2.75) is 203 Å². The Morgan fingerprint density at radius 2 is 0.969 bits per heavy atom. The molecule has 2 rings (SSSR count). The Balaban J connectivity index is 1.87. The van der Waals surface area contributed by atoms with Crippen LogP contribution in [0.5, 0.6) is 0 Å². The van der Waals surface area contributed by atoms with Gasteiger partial charge in [-0.15, -0.1) is 0 Å². The third kappa shape index (κ3) is 25.6. The van der Waals surface area contributed by atoms with Gasteiger partial charge >= 0.3 is 11.9 Å². The minimum Gasteiger partial charge on any atom is -0.462 e. The van der Waals surface area contributed by atoms with Crippen molar-refractivity contribution in [1.29, 1.82) is 0 Å². The molecular weight excluding hydrogens is 841 g/mol. The van der Waals surface area contributed by atoms with Gasteiger partial charge in [-0.3, -0.25) is 9.59 Å². The van der Waals surface area contributed by atoms with E-state index in [1.54, 1.807) is 0 Å². The molecule has 15 heteroatoms. The summed E-state index contributed by atoms with van der Waals surface area (Å²) in [7, 11) is 0. The molecule has 0 saturated carbocycles. The zero-order chi connectivity index (χ0) is 47.5. The molecule has 0 aromatic rings. The third-order valence-corrected chi connectivity index (χ3v) is 10.9. The van der Waals surface area contributed by atoms with E-state index in [9.17, 15) is 45.3 Å². The second kappa shape index (κ2) is 37.0. The summed E-state index contributed by atoms with van der Waals surface area (Å²) in [6, 6.07) is 0. The van der Waals surface area contributed by atoms with E-state index < -0.39 is 99.3 Å². The van der Waals surface area contributed by atoms with Gasteiger partial charge in [0.05, 0.1) is 19.8 Å². The number of esters is 2. The number of unbranched alkanes of at least 4 members (excludes halogenated alkanes) is 9. The molecule has 11 atom stereocenters. The van der Waals surface area contributed by atoms with Gasteiger partial charge in [0.15, 0.2) is 18.7 Å². The Hall–Kier alpha value is -3.06. The second-order valence-corrected chi connectivity index (χ2v) is 16.5. The molecule has 65 heavy (non-hydrogen) atoms. The molecule has 0 radical (unpaired) electrons. The topological polar surface area (TPSA) is 231 Å². The van der Waals surface area contributed by atoms with E-state index in [1.807, 2.05) is 0 Å². The Kier molecular flexibility index (Phi) is 33.0. The smallest absolute Gasteiger partial charge is 0.306 e. The van der Waals surface area contributed by atoms with Gasteiger partial charge in [-0.2, -0.15) is 0 Å². The van der Waals surface area contributed by atoms with Crippen LogP contribution in [0.1, 0.15) is 136 Å². The van der Waals surface area contributed by atoms with Crippen LogP contribution in [-0.4, -0.2) is 142 Å². The van der Waals surface area contributed by atoms with E-state index in [2.05, 4.69) is 86.8 Å². The first-order chi connectivity index (χ1) is 31.5. The summed E-state index contributed by atoms with van der Waals surface area (Å²) in [5.74, 6) is -0.999. The molecule has 372 valence electrons. The van der Waals surface area contributed by atoms with Gasteiger partial charge in [-0.25, -0.2) is 0 Å². The predicted molar refractivity (Wildman–Crippen MR) is 247 cm³/mol. The lowest BCUT2D eigenvalue weighted by atomic mass is 9.98. The van der Waals surface area contributed by atoms with E-state index in [4.69, 9.17) is 28.4 Å². The van der Waals surface area contributed by atoms with Crippen molar-refractivity contribution in [3.8, 4) is 0 Å². The first kappa shape index (κ1) is 58.1. The number of aliphatic hydroxyl groups excluding tert-OH is 7. The third-order valence-electron chi connectivity index (χ3n) is 10.9. The number of carbonyl (C=O) groups excluding carboxylic acids is 2. The van der Waals surface area contributed by atoms with Crippen molar-refractivity contribution < 1.29 is 73.8 Å². The van der Waals surface area contributed by atoms with Crippen LogP contribution in [0.15, 0.2) is 72.9 Å². The quantitative estimate of drug-likeness (QED) is 0.0224. The number of hydrogen-bond donors (Lipinski definition) is 7. The van der Waals surface area contributed by atoms with E-state index in [0.717, 1.165) is 83.5 Å². The van der Waals surface area contributed by atoms with Crippen molar-refractivity contribution in [2.75, 3.05) is 26.4 Å². The second-order valence-electron chi connectivity index (χ2n) is 16.5. The molecule has 0 amide bonds. The van der Waals surface area contributed by atoms with Crippen LogP contribution in [0.4, 0.5) is 0 Å². The fraction of sp³-hybridized carbons (Fsp3) is 0.720. The fourth-order valence-corrected chi connectivity index (χ4v) is 6.93. The summed E-state index contributed by atoms with van der Waals surface area (Å²) < 4.78 is 33.4. The normalized spacial score (nSPS) is 27.0. The van der Waals surface area contributed by atoms with Crippen LogP contribution in [-0.2, 0) is 38.0 Å². The van der Waals surface area contributed by atoms with E-state index in [-0.39, 0.29) is 19.4 Å². The Bertz CT molecular complexity index is 1410. The summed E-state index contributed by atoms with van der Waals surface area (Å²) >= 11 is 0. The molecule has 0 aliphatic carbocycles. The van der Waals surface area contributed by atoms with Crippen LogP contribution in [0.2, 0.25) is 0 Å². The first-order valence-electron chi connectivity index (χ1n) is 24.0. The van der Waals surface area contributed by atoms with Crippen LogP contribution in [0.25, 0.3) is 0 Å². The van der Waals surface area contributed by atoms with Crippen molar-refractivity contribution >= 4 is 11.9 Å². The van der Waals surface area contributed by atoms with Crippen molar-refractivity contribution in [2.24, 2.45) is 0 Å². The molecule has 0 bridgehead atoms. The molecule has 2 saturated heterocycles. The van der Waals surface area contributed by atoms with Crippen molar-refractivity contribution in [1.82, 2.24) is 0 Å². The highest BCUT2D eigenvalue weighted by Crippen LogP contribution is 2.26. The Morgan fingerprint density at radius 1 is 0.508 bits per heavy atom. The van der Waals surface area contributed by atoms with Crippen LogP contribution >= 0.6 is 0 Å². The zero-order valence-corrected chi connectivity index (χ0v) is 38.9. The van der Waals surface area contributed by atoms with Crippen molar-refractivity contribution in [3.63, 3.8) is 0 Å². The summed E-state index contributed by atoms with van der Waals surface area (Å²) in [6.45, 7) is 2.34. The molecule has 15 nitrogen and oxygen atoms in total. The van der Waals surface area contributed by atoms with Crippen LogP contribution in [0.3, 0.4) is 0 Å². The van der Waals surface area contributed by atoms with E-state index in [0.29, 0.717) is 12.8 Å². The van der Waals surface area contributed by atoms with Gasteiger partial charge in [0.2, 0.25) is 0 Å². The van der Waals surface area contributed by atoms with E-state index in [1.165, 1.54) is 12.8 Å². The molecule has 2 fully saturated rings. The molecule has 2 aliphatic heterocycles. The maximum Gasteiger partial charge on any atom is 0.306 e. The number of allylic oxidation sites excluding steroid dienone is 12. The first-order valence-corrected chi connectivity index (χ1v) is 24.0. The highest BCUT2D eigenvalue weighted by molar-refractivity contribution is 5.70. The molecule has 2 heterocycles. The summed E-state index contributed by atoms with van der Waals surface area (Å²) in [5.41, 5.74) is 0. The Morgan fingerprint density at radius 3 is 1.55 bits per heavy atom. The molecule has 7 N–H and O–H groups in total. The molecule has 11 unspecified atom stereocenters. The average Bonchev–Trinajstić information content (AvgIpc) is 3.30. The maximum absolute atomic E-state index is 13.0. The minimum atomic E-state index is -1.78. The number of ether oxygens (including phenoxy) is 6. The van der Waals surface area contributed by atoms with Crippen LogP contribution < -0.4 is 0 Å². The number of aliphatic hydroxyl groups is 7. The van der Waals surface area contributed by atoms with Crippen molar-refractivity contribution in [3.05, 3.63) is 72.9 Å². The number of rotatable bonds is 35. The highest BCUT2D eigenvalue weighted by atomic mass is 16.7. The average molecular weight is 923 g/mol. The predicted octanol–water partition coefficient (Wildman–Crippen LogP) is 5.87. The molecule has 2 aliphatic rings. The lowest BCUT2D eigenvalue weighted by molar-refractivity contribution is -0.332. The van der Waals surface area contributed by atoms with Gasteiger partial charge in [0, 0.05) is 12.8 Å². The van der Waals surface area contributed by atoms with Gasteiger partial charge < -0.3 is 64.2 Å². The largest absolute Gasteiger partial charge is 0.462 e. The van der Waals surface area contributed by atoms with Gasteiger partial charge in [0.1, 0.15) is 55.4 Å². The summed E-state index contributed by atoms with van der Waals surface area (Å²) in [5, 5.41) is 72.0. The van der Waals surface area contributed by atoms with Crippen LogP contribution in [0, 0.1) is 0 Å². The molecule has 0 aromatic carbocycles. The zero-order valence-electron chi connectivity index (χ0n) is 38.9. The summed E-state index contributed by atoms with van der Waals surface area (Å²) in [6.07, 6.45) is 25.1. The standard InChI is InChI=1S/C50H82O15/c1-3-5-7-9-11-13-15-17-19-21-23-25-27-29-31-33-42(53)63-38(35-60-41(52)32-30-28-26-24-22-20-18-16-14-12-10-8-6-4-2)36-61-49-48(59)46(57)44(55)40(65-49)37-62-50-47(58)45(56)43(54)39(34-51)64-50/h5,7,10-13,16-19,23,25,38-40,43-51,54-59H,3-4,6,8-9,14-15,20-22,24,26-37H2,1-2H3/b7-5-,12-10-,13-11-,18-16-,19-17-,25-23-. The lowest BCUT2D eigenvalue weighted by Gasteiger charge is -2.42. The van der Waals surface area contributed by atoms with Gasteiger partial charge in [0.25, 0.3) is 0 Å². The SMILES string of the molecule is CC/C=C\C/C=C\C/C=C\C/C=C\CCCCC(=O)OC(COC(=O)CCCCCCC/C=C\C/C=C\CCCC)COC1OC(COC2OC(CO)C(O)C(O)C2O)C(O)C(O)C1O. The number of carbonyl (C=O) groups is 2. The highest BCUT2D eigenvalue weighted by Gasteiger charge is 2.47. The number of hydrogen-bond acceptors (Lipinski definition) is 15. The van der Waals surface area contributed by atoms with Gasteiger partial charge in [-0.1, -0.05) is 119 Å². The van der Waals surface area contributed by atoms with E-state index >= 15 is 0 Å². The summed E-state index contributed by atoms with van der Waals surface area (Å²) in [4.78, 5) is 25.7. The fourth-order valence-electron chi connectivity index (χ4n) is 6.93. The Labute approximate surface area is 387 Å². The lowest BCUT2D eigenvalue weighted by Crippen LogP contribution is -2.61. The molecule has 0 spiro atoms. The monoisotopic (exact) mass is 923 g/mol. The van der Waals surface area contributed by atoms with Gasteiger partial charge in [-0.05, 0) is 77.0 Å². The minimum absolute atomic E-state index is 0.106. The maximum atomic E-state index is 13.0. The molecular formula is C50H82O15. The molecule has 0 aromatic heterocycles.